The van der Waals surface area contributed by atoms with E-state index in [4.69, 9.17) is 4.74 Å². The number of ether oxygens (including phenoxy) is 1. The van der Waals surface area contributed by atoms with Crippen molar-refractivity contribution < 1.29 is 9.84 Å². The van der Waals surface area contributed by atoms with Gasteiger partial charge in [0.1, 0.15) is 18.5 Å². The van der Waals surface area contributed by atoms with Gasteiger partial charge >= 0.3 is 0 Å². The zero-order chi connectivity index (χ0) is 18.2. The van der Waals surface area contributed by atoms with Gasteiger partial charge in [0.2, 0.25) is 0 Å². The summed E-state index contributed by atoms with van der Waals surface area (Å²) >= 11 is 0. The summed E-state index contributed by atoms with van der Waals surface area (Å²) in [5, 5.41) is 10.4. The van der Waals surface area contributed by atoms with Crippen LogP contribution >= 0.6 is 0 Å². The highest BCUT2D eigenvalue weighted by atomic mass is 16.5. The third kappa shape index (κ3) is 6.89. The molecule has 0 aliphatic rings. The normalized spacial score (nSPS) is 12.6. The van der Waals surface area contributed by atoms with Gasteiger partial charge in [-0.25, -0.2) is 0 Å². The second-order valence-corrected chi connectivity index (χ2v) is 7.30. The molecule has 0 saturated carbocycles. The summed E-state index contributed by atoms with van der Waals surface area (Å²) in [4.78, 5) is 2.31. The van der Waals surface area contributed by atoms with Gasteiger partial charge in [-0.15, -0.1) is 0 Å². The molecule has 1 atom stereocenters. The van der Waals surface area contributed by atoms with E-state index in [-0.39, 0.29) is 0 Å². The zero-order valence-electron chi connectivity index (χ0n) is 15.9. The van der Waals surface area contributed by atoms with E-state index in [1.165, 1.54) is 11.1 Å². The lowest BCUT2D eigenvalue weighted by atomic mass is 10.1. The van der Waals surface area contributed by atoms with E-state index in [2.05, 4.69) is 49.9 Å². The average Bonchev–Trinajstić information content (AvgIpc) is 2.55. The van der Waals surface area contributed by atoms with Crippen molar-refractivity contribution >= 4 is 0 Å². The molecule has 0 spiro atoms. The van der Waals surface area contributed by atoms with Crippen LogP contribution in [0.25, 0.3) is 0 Å². The molecule has 0 aromatic heterocycles. The summed E-state index contributed by atoms with van der Waals surface area (Å²) in [7, 11) is 0. The molecule has 25 heavy (non-hydrogen) atoms. The van der Waals surface area contributed by atoms with Crippen LogP contribution in [0.5, 0.6) is 5.75 Å². The number of rotatable bonds is 9. The Morgan fingerprint density at radius 3 is 2.28 bits per heavy atom. The number of nitrogens with zero attached hydrogens (tertiary/aromatic N) is 1. The topological polar surface area (TPSA) is 32.7 Å². The molecule has 136 valence electrons. The minimum Gasteiger partial charge on any atom is -0.491 e. The fourth-order valence-electron chi connectivity index (χ4n) is 2.93. The van der Waals surface area contributed by atoms with Crippen LogP contribution in [0, 0.1) is 19.8 Å². The van der Waals surface area contributed by atoms with Gasteiger partial charge in [0.15, 0.2) is 0 Å². The smallest absolute Gasteiger partial charge is 0.122 e. The summed E-state index contributed by atoms with van der Waals surface area (Å²) in [6.07, 6.45) is -0.510. The van der Waals surface area contributed by atoms with Crippen molar-refractivity contribution in [3.8, 4) is 5.75 Å². The van der Waals surface area contributed by atoms with E-state index in [1.54, 1.807) is 0 Å². The van der Waals surface area contributed by atoms with Crippen molar-refractivity contribution in [2.24, 2.45) is 5.92 Å². The molecule has 0 unspecified atom stereocenters. The van der Waals surface area contributed by atoms with Crippen LogP contribution in [0.4, 0.5) is 0 Å². The molecule has 2 rings (SSSR count). The van der Waals surface area contributed by atoms with E-state index in [9.17, 15) is 5.11 Å². The van der Waals surface area contributed by atoms with Gasteiger partial charge in [-0.1, -0.05) is 61.9 Å². The lowest BCUT2D eigenvalue weighted by Gasteiger charge is -2.27. The molecule has 0 amide bonds. The first-order valence-corrected chi connectivity index (χ1v) is 9.08. The number of aryl methyl sites for hydroxylation is 2. The van der Waals surface area contributed by atoms with Crippen LogP contribution < -0.4 is 4.74 Å². The SMILES string of the molecule is Cc1ccc(CN(CC(C)C)C[C@@H](O)COc2ccccc2C)cc1. The standard InChI is InChI=1S/C22H31NO2/c1-17(2)13-23(14-20-11-9-18(3)10-12-20)15-21(24)16-25-22-8-6-5-7-19(22)4/h5-12,17,21,24H,13-16H2,1-4H3/t21-/m1/s1. The highest BCUT2D eigenvalue weighted by Gasteiger charge is 2.15. The van der Waals surface area contributed by atoms with Gasteiger partial charge in [-0.05, 0) is 37.0 Å². The molecule has 2 aromatic carbocycles. The minimum atomic E-state index is -0.510. The highest BCUT2D eigenvalue weighted by molar-refractivity contribution is 5.31. The highest BCUT2D eigenvalue weighted by Crippen LogP contribution is 2.16. The maximum Gasteiger partial charge on any atom is 0.122 e. The molecule has 3 nitrogen and oxygen atoms in total. The van der Waals surface area contributed by atoms with E-state index in [0.29, 0.717) is 19.1 Å². The van der Waals surface area contributed by atoms with Crippen LogP contribution in [0.3, 0.4) is 0 Å². The van der Waals surface area contributed by atoms with Gasteiger partial charge in [-0.2, -0.15) is 0 Å². The summed E-state index contributed by atoms with van der Waals surface area (Å²) in [5.74, 6) is 1.39. The lowest BCUT2D eigenvalue weighted by molar-refractivity contribution is 0.0613. The number of hydrogen-bond acceptors (Lipinski definition) is 3. The molecule has 0 bridgehead atoms. The Kier molecular flexibility index (Phi) is 7.48. The van der Waals surface area contributed by atoms with Gasteiger partial charge in [0.05, 0.1) is 0 Å². The Hall–Kier alpha value is -1.84. The Balaban J connectivity index is 1.91. The van der Waals surface area contributed by atoms with Crippen LogP contribution in [0.1, 0.15) is 30.5 Å². The van der Waals surface area contributed by atoms with Gasteiger partial charge in [0.25, 0.3) is 0 Å². The summed E-state index contributed by atoms with van der Waals surface area (Å²) in [5.41, 5.74) is 3.64. The van der Waals surface area contributed by atoms with Crippen molar-refractivity contribution in [3.63, 3.8) is 0 Å². The maximum absolute atomic E-state index is 10.4. The van der Waals surface area contributed by atoms with E-state index in [1.807, 2.05) is 31.2 Å². The first-order valence-electron chi connectivity index (χ1n) is 9.08. The average molecular weight is 341 g/mol. The summed E-state index contributed by atoms with van der Waals surface area (Å²) in [6, 6.07) is 16.5. The molecular formula is C22H31NO2. The van der Waals surface area contributed by atoms with Crippen molar-refractivity contribution in [2.45, 2.75) is 40.3 Å². The fourth-order valence-corrected chi connectivity index (χ4v) is 2.93. The number of aliphatic hydroxyl groups is 1. The van der Waals surface area contributed by atoms with Gasteiger partial charge < -0.3 is 9.84 Å². The monoisotopic (exact) mass is 341 g/mol. The van der Waals surface area contributed by atoms with Crippen molar-refractivity contribution in [1.82, 2.24) is 4.90 Å². The molecule has 3 heteroatoms. The number of para-hydroxylation sites is 1. The van der Waals surface area contributed by atoms with Crippen molar-refractivity contribution in [3.05, 3.63) is 65.2 Å². The lowest BCUT2D eigenvalue weighted by Crippen LogP contribution is -2.37. The van der Waals surface area contributed by atoms with E-state index in [0.717, 1.165) is 24.4 Å². The van der Waals surface area contributed by atoms with Crippen molar-refractivity contribution in [2.75, 3.05) is 19.7 Å². The third-order valence-corrected chi connectivity index (χ3v) is 4.14. The van der Waals surface area contributed by atoms with Crippen LogP contribution in [0.15, 0.2) is 48.5 Å². The third-order valence-electron chi connectivity index (χ3n) is 4.14. The predicted octanol–water partition coefficient (Wildman–Crippen LogP) is 4.20. The van der Waals surface area contributed by atoms with Crippen LogP contribution in [-0.4, -0.2) is 35.8 Å². The molecule has 0 saturated heterocycles. The number of aliphatic hydroxyl groups excluding tert-OH is 1. The zero-order valence-corrected chi connectivity index (χ0v) is 15.9. The minimum absolute atomic E-state index is 0.313. The molecule has 0 radical (unpaired) electrons. The Morgan fingerprint density at radius 1 is 0.960 bits per heavy atom. The number of hydrogen-bond donors (Lipinski definition) is 1. The van der Waals surface area contributed by atoms with E-state index >= 15 is 0 Å². The molecule has 0 aliphatic carbocycles. The van der Waals surface area contributed by atoms with E-state index < -0.39 is 6.10 Å². The molecule has 0 fully saturated rings. The Labute approximate surface area is 152 Å². The van der Waals surface area contributed by atoms with Gasteiger partial charge in [-0.3, -0.25) is 4.90 Å². The van der Waals surface area contributed by atoms with Crippen LogP contribution in [-0.2, 0) is 6.54 Å². The predicted molar refractivity (Wildman–Crippen MR) is 104 cm³/mol. The largest absolute Gasteiger partial charge is 0.491 e. The quantitative estimate of drug-likeness (QED) is 0.742. The molecule has 0 heterocycles. The van der Waals surface area contributed by atoms with Crippen molar-refractivity contribution in [1.29, 1.82) is 0 Å². The molecule has 2 aromatic rings. The number of benzene rings is 2. The molecular weight excluding hydrogens is 310 g/mol. The summed E-state index contributed by atoms with van der Waals surface area (Å²) < 4.78 is 5.79. The van der Waals surface area contributed by atoms with Crippen LogP contribution in [0.2, 0.25) is 0 Å². The second-order valence-electron chi connectivity index (χ2n) is 7.30. The maximum atomic E-state index is 10.4. The Bertz CT molecular complexity index is 637. The second kappa shape index (κ2) is 9.59. The molecule has 1 N–H and O–H groups in total. The Morgan fingerprint density at radius 2 is 1.64 bits per heavy atom. The first kappa shape index (κ1) is 19.5. The van der Waals surface area contributed by atoms with Gasteiger partial charge in [0, 0.05) is 19.6 Å². The molecule has 0 aliphatic heterocycles. The first-order chi connectivity index (χ1) is 11.9. The fraction of sp³-hybridized carbons (Fsp3) is 0.455. The summed E-state index contributed by atoms with van der Waals surface area (Å²) in [6.45, 7) is 11.3.